The molecule has 25 heavy (non-hydrogen) atoms. The van der Waals surface area contributed by atoms with Crippen LogP contribution in [0.3, 0.4) is 0 Å². The molecule has 1 atom stereocenters. The highest BCUT2D eigenvalue weighted by atomic mass is 19.1. The first kappa shape index (κ1) is 16.0. The Labute approximate surface area is 142 Å². The van der Waals surface area contributed by atoms with E-state index in [0.29, 0.717) is 23.2 Å². The van der Waals surface area contributed by atoms with Gasteiger partial charge in [0.15, 0.2) is 6.29 Å². The van der Waals surface area contributed by atoms with E-state index in [0.717, 1.165) is 30.7 Å². The number of halogens is 2. The van der Waals surface area contributed by atoms with E-state index < -0.39 is 17.9 Å². The molecule has 0 amide bonds. The Hall–Kier alpha value is -2.51. The van der Waals surface area contributed by atoms with Crippen LogP contribution in [0.5, 0.6) is 0 Å². The Morgan fingerprint density at radius 1 is 1.16 bits per heavy atom. The highest BCUT2D eigenvalue weighted by molar-refractivity contribution is 5.64. The van der Waals surface area contributed by atoms with Gasteiger partial charge in [-0.25, -0.2) is 13.3 Å². The first-order valence-corrected chi connectivity index (χ1v) is 8.09. The molecule has 5 nitrogen and oxygen atoms in total. The smallest absolute Gasteiger partial charge is 0.182 e. The second-order valence-corrected chi connectivity index (χ2v) is 6.21. The number of anilines is 1. The highest BCUT2D eigenvalue weighted by Crippen LogP contribution is 2.38. The van der Waals surface area contributed by atoms with Crippen LogP contribution < -0.4 is 4.90 Å². The van der Waals surface area contributed by atoms with Crippen molar-refractivity contribution in [1.29, 1.82) is 0 Å². The number of fused-ring (bicyclic) bond motifs is 1. The van der Waals surface area contributed by atoms with Gasteiger partial charge in [0.25, 0.3) is 0 Å². The average molecular weight is 345 g/mol. The Balaban J connectivity index is 1.76. The topological polar surface area (TPSA) is 61.0 Å². The molecule has 2 N–H and O–H groups in total. The van der Waals surface area contributed by atoms with Gasteiger partial charge in [-0.3, -0.25) is 0 Å². The normalized spacial score (nSPS) is 17.8. The maximum atomic E-state index is 14.2. The van der Waals surface area contributed by atoms with Crippen LogP contribution in [0, 0.1) is 11.6 Å². The summed E-state index contributed by atoms with van der Waals surface area (Å²) in [5.41, 5.74) is 2.02. The average Bonchev–Trinajstić information content (AvgIpc) is 3.22. The van der Waals surface area contributed by atoms with Gasteiger partial charge in [-0.2, -0.15) is 5.10 Å². The molecule has 4 rings (SSSR count). The van der Waals surface area contributed by atoms with E-state index in [1.54, 1.807) is 16.8 Å². The second kappa shape index (κ2) is 6.09. The Bertz CT molecular complexity index is 926. The molecule has 0 spiro atoms. The molecule has 2 aromatic heterocycles. The fourth-order valence-electron chi connectivity index (χ4n) is 3.54. The summed E-state index contributed by atoms with van der Waals surface area (Å²) < 4.78 is 29.3. The van der Waals surface area contributed by atoms with Gasteiger partial charge in [0.05, 0.1) is 23.3 Å². The first-order chi connectivity index (χ1) is 12.0. The third-order valence-corrected chi connectivity index (χ3v) is 4.71. The van der Waals surface area contributed by atoms with Gasteiger partial charge in [0.2, 0.25) is 0 Å². The molecular weight excluding hydrogens is 328 g/mol. The minimum atomic E-state index is -1.62. The molecule has 7 heteroatoms. The fraction of sp³-hybridized carbons (Fsp3) is 0.278. The predicted octanol–water partition coefficient (Wildman–Crippen LogP) is 2.94. The number of hydrogen-bond acceptors (Lipinski definition) is 4. The Morgan fingerprint density at radius 2 is 2.00 bits per heavy atom. The third-order valence-electron chi connectivity index (χ3n) is 4.71. The molecule has 1 aliphatic rings. The molecule has 3 aromatic rings. The predicted molar refractivity (Wildman–Crippen MR) is 88.0 cm³/mol. The molecule has 1 saturated heterocycles. The van der Waals surface area contributed by atoms with Crippen LogP contribution in [0.25, 0.3) is 5.52 Å². The van der Waals surface area contributed by atoms with Crippen LogP contribution in [-0.4, -0.2) is 26.4 Å². The molecule has 1 aromatic carbocycles. The number of aliphatic hydroxyl groups excluding tert-OH is 1. The summed E-state index contributed by atoms with van der Waals surface area (Å²) in [5, 5.41) is 23.0. The quantitative estimate of drug-likeness (QED) is 0.717. The number of aromatic nitrogens is 2. The zero-order chi connectivity index (χ0) is 17.6. The van der Waals surface area contributed by atoms with Gasteiger partial charge in [0, 0.05) is 24.0 Å². The van der Waals surface area contributed by atoms with Gasteiger partial charge < -0.3 is 15.1 Å². The molecule has 3 heterocycles. The number of pyridine rings is 1. The minimum absolute atomic E-state index is 0.261. The monoisotopic (exact) mass is 345 g/mol. The van der Waals surface area contributed by atoms with Gasteiger partial charge in [-0.1, -0.05) is 0 Å². The van der Waals surface area contributed by atoms with Gasteiger partial charge in [0.1, 0.15) is 11.6 Å². The van der Waals surface area contributed by atoms with E-state index in [4.69, 9.17) is 0 Å². The number of nitrogens with zero attached hydrogens (tertiary/aromatic N) is 3. The first-order valence-electron chi connectivity index (χ1n) is 8.09. The number of hydrogen-bond donors (Lipinski definition) is 2. The van der Waals surface area contributed by atoms with Crippen LogP contribution in [-0.2, 0) is 0 Å². The minimum Gasteiger partial charge on any atom is -0.364 e. The Kier molecular flexibility index (Phi) is 3.89. The summed E-state index contributed by atoms with van der Waals surface area (Å²) in [6.45, 7) is 0.710. The summed E-state index contributed by atoms with van der Waals surface area (Å²) in [6.07, 6.45) is 3.08. The van der Waals surface area contributed by atoms with E-state index in [1.807, 2.05) is 11.0 Å². The van der Waals surface area contributed by atoms with E-state index in [-0.39, 0.29) is 6.04 Å². The van der Waals surface area contributed by atoms with E-state index >= 15 is 0 Å². The molecule has 0 saturated carbocycles. The number of aliphatic hydroxyl groups is 2. The molecule has 130 valence electrons. The Morgan fingerprint density at radius 3 is 2.80 bits per heavy atom. The molecule has 0 unspecified atom stereocenters. The third kappa shape index (κ3) is 2.75. The van der Waals surface area contributed by atoms with Crippen LogP contribution in [0.1, 0.15) is 36.3 Å². The zero-order valence-electron chi connectivity index (χ0n) is 13.3. The standard InChI is InChI=1S/C18H17F2N3O2/c19-11-3-4-15(20)13(8-11)16-2-1-6-22(16)12-5-7-23-17(9-12)14(10-21-23)18(24)25/h3-5,7-10,16,18,24-25H,1-2,6H2/t16-/m1/s1. The van der Waals surface area contributed by atoms with Gasteiger partial charge in [-0.05, 0) is 43.2 Å². The van der Waals surface area contributed by atoms with E-state index in [2.05, 4.69) is 5.10 Å². The fourth-order valence-corrected chi connectivity index (χ4v) is 3.54. The molecule has 1 fully saturated rings. The van der Waals surface area contributed by atoms with Crippen LogP contribution in [0.2, 0.25) is 0 Å². The maximum absolute atomic E-state index is 14.2. The molecular formula is C18H17F2N3O2. The zero-order valence-corrected chi connectivity index (χ0v) is 13.3. The SMILES string of the molecule is OC(O)c1cnn2ccc(N3CCC[C@@H]3c3cc(F)ccc3F)cc12. The van der Waals surface area contributed by atoms with Gasteiger partial charge >= 0.3 is 0 Å². The van der Waals surface area contributed by atoms with Crippen LogP contribution >= 0.6 is 0 Å². The lowest BCUT2D eigenvalue weighted by molar-refractivity contribution is -0.0413. The summed E-state index contributed by atoms with van der Waals surface area (Å²) in [5.74, 6) is -0.879. The van der Waals surface area contributed by atoms with Crippen LogP contribution in [0.4, 0.5) is 14.5 Å². The van der Waals surface area contributed by atoms with E-state index in [1.165, 1.54) is 12.3 Å². The highest BCUT2D eigenvalue weighted by Gasteiger charge is 2.29. The molecule has 0 radical (unpaired) electrons. The van der Waals surface area contributed by atoms with Crippen molar-refractivity contribution in [3.8, 4) is 0 Å². The summed E-state index contributed by atoms with van der Waals surface area (Å²) in [7, 11) is 0. The van der Waals surface area contributed by atoms with Crippen molar-refractivity contribution in [1.82, 2.24) is 9.61 Å². The largest absolute Gasteiger partial charge is 0.364 e. The molecule has 1 aliphatic heterocycles. The number of rotatable bonds is 3. The van der Waals surface area contributed by atoms with E-state index in [9.17, 15) is 19.0 Å². The van der Waals surface area contributed by atoms with Gasteiger partial charge in [-0.15, -0.1) is 0 Å². The van der Waals surface area contributed by atoms with Crippen molar-refractivity contribution in [2.75, 3.05) is 11.4 Å². The number of benzene rings is 1. The second-order valence-electron chi connectivity index (χ2n) is 6.21. The van der Waals surface area contributed by atoms with Crippen molar-refractivity contribution in [3.63, 3.8) is 0 Å². The summed E-state index contributed by atoms with van der Waals surface area (Å²) in [4.78, 5) is 2.01. The van der Waals surface area contributed by atoms with Crippen molar-refractivity contribution in [3.05, 3.63) is 65.5 Å². The van der Waals surface area contributed by atoms with Crippen LogP contribution in [0.15, 0.2) is 42.7 Å². The molecule has 0 aliphatic carbocycles. The van der Waals surface area contributed by atoms with Crippen molar-refractivity contribution < 1.29 is 19.0 Å². The lowest BCUT2D eigenvalue weighted by Gasteiger charge is -2.27. The summed E-state index contributed by atoms with van der Waals surface area (Å²) >= 11 is 0. The lowest BCUT2D eigenvalue weighted by Crippen LogP contribution is -2.23. The maximum Gasteiger partial charge on any atom is 0.182 e. The molecule has 0 bridgehead atoms. The van der Waals surface area contributed by atoms with Crippen molar-refractivity contribution in [2.45, 2.75) is 25.2 Å². The van der Waals surface area contributed by atoms with Crippen molar-refractivity contribution in [2.24, 2.45) is 0 Å². The lowest BCUT2D eigenvalue weighted by atomic mass is 10.0. The summed E-state index contributed by atoms with van der Waals surface area (Å²) in [6, 6.07) is 6.88. The van der Waals surface area contributed by atoms with Crippen molar-refractivity contribution >= 4 is 11.2 Å².